The Morgan fingerprint density at radius 1 is 1.22 bits per heavy atom. The van der Waals surface area contributed by atoms with Gasteiger partial charge in [-0.05, 0) is 12.1 Å². The highest BCUT2D eigenvalue weighted by Crippen LogP contribution is 2.22. The number of hydrogen-bond acceptors (Lipinski definition) is 4. The lowest BCUT2D eigenvalue weighted by Crippen LogP contribution is -2.10. The molecule has 0 aliphatic carbocycles. The van der Waals surface area contributed by atoms with E-state index in [4.69, 9.17) is 0 Å². The third kappa shape index (κ3) is 2.65. The molecular weight excluding hydrogens is 242 g/mol. The molecule has 0 bridgehead atoms. The average Bonchev–Trinajstić information content (AvgIpc) is 2.39. The van der Waals surface area contributed by atoms with Crippen molar-refractivity contribution in [1.29, 1.82) is 0 Å². The summed E-state index contributed by atoms with van der Waals surface area (Å²) in [6.45, 7) is -2.99. The van der Waals surface area contributed by atoms with Crippen LogP contribution in [0.4, 0.5) is 8.78 Å². The molecule has 0 atom stereocenters. The second kappa shape index (κ2) is 5.31. The van der Waals surface area contributed by atoms with Crippen molar-refractivity contribution in [3.63, 3.8) is 0 Å². The fourth-order valence-electron chi connectivity index (χ4n) is 1.41. The number of para-hydroxylation sites is 1. The number of nitrogens with zero attached hydrogens (tertiary/aromatic N) is 2. The van der Waals surface area contributed by atoms with Gasteiger partial charge in [-0.15, -0.1) is 0 Å². The van der Waals surface area contributed by atoms with Crippen molar-refractivity contribution < 1.29 is 18.3 Å². The Morgan fingerprint density at radius 3 is 2.67 bits per heavy atom. The largest absolute Gasteiger partial charge is 0.434 e. The van der Waals surface area contributed by atoms with Gasteiger partial charge in [0.2, 0.25) is 5.78 Å². The van der Waals surface area contributed by atoms with Crippen molar-refractivity contribution >= 4 is 5.78 Å². The highest BCUT2D eigenvalue weighted by atomic mass is 19.3. The first-order valence-electron chi connectivity index (χ1n) is 5.03. The van der Waals surface area contributed by atoms with Crippen molar-refractivity contribution in [3.05, 3.63) is 54.1 Å². The molecule has 6 heteroatoms. The molecule has 1 heterocycles. The quantitative estimate of drug-likeness (QED) is 0.781. The lowest BCUT2D eigenvalue weighted by atomic mass is 10.1. The fraction of sp³-hybridized carbons (Fsp3) is 0.0833. The van der Waals surface area contributed by atoms with Gasteiger partial charge in [0.1, 0.15) is 11.4 Å². The number of carbonyl (C=O) groups excluding carboxylic acids is 1. The molecule has 92 valence electrons. The summed E-state index contributed by atoms with van der Waals surface area (Å²) in [5.41, 5.74) is 0.0983. The third-order valence-corrected chi connectivity index (χ3v) is 2.14. The summed E-state index contributed by atoms with van der Waals surface area (Å²) in [4.78, 5) is 19.6. The van der Waals surface area contributed by atoms with Gasteiger partial charge >= 0.3 is 6.61 Å². The summed E-state index contributed by atoms with van der Waals surface area (Å²) in [6, 6.07) is 5.76. The molecule has 0 unspecified atom stereocenters. The number of benzene rings is 1. The van der Waals surface area contributed by atoms with E-state index in [1.54, 1.807) is 6.07 Å². The molecule has 0 fully saturated rings. The van der Waals surface area contributed by atoms with Crippen LogP contribution < -0.4 is 4.74 Å². The smallest absolute Gasteiger partial charge is 0.387 e. The zero-order valence-corrected chi connectivity index (χ0v) is 9.09. The topological polar surface area (TPSA) is 52.1 Å². The standard InChI is InChI=1S/C12H8F2N2O2/c13-12(14)18-10-4-2-1-3-8(10)11(17)9-7-15-5-6-16-9/h1-7,12H. The molecule has 0 aliphatic rings. The Hall–Kier alpha value is -2.37. The van der Waals surface area contributed by atoms with Gasteiger partial charge < -0.3 is 4.74 Å². The van der Waals surface area contributed by atoms with E-state index in [9.17, 15) is 13.6 Å². The molecule has 4 nitrogen and oxygen atoms in total. The molecule has 0 aliphatic heterocycles. The second-order valence-electron chi connectivity index (χ2n) is 3.29. The summed E-state index contributed by atoms with van der Waals surface area (Å²) in [7, 11) is 0. The summed E-state index contributed by atoms with van der Waals surface area (Å²) in [6.07, 6.45) is 4.03. The molecule has 0 saturated heterocycles. The molecule has 0 spiro atoms. The van der Waals surface area contributed by atoms with Crippen LogP contribution in [0.1, 0.15) is 16.1 Å². The van der Waals surface area contributed by atoms with Crippen molar-refractivity contribution in [2.45, 2.75) is 6.61 Å². The number of hydrogen-bond donors (Lipinski definition) is 0. The van der Waals surface area contributed by atoms with E-state index >= 15 is 0 Å². The van der Waals surface area contributed by atoms with E-state index in [1.165, 1.54) is 36.8 Å². The van der Waals surface area contributed by atoms with E-state index in [0.29, 0.717) is 0 Å². The van der Waals surface area contributed by atoms with E-state index < -0.39 is 12.4 Å². The first-order valence-corrected chi connectivity index (χ1v) is 5.03. The lowest BCUT2D eigenvalue weighted by molar-refractivity contribution is -0.0501. The maximum Gasteiger partial charge on any atom is 0.387 e. The van der Waals surface area contributed by atoms with Crippen LogP contribution in [0, 0.1) is 0 Å². The number of ether oxygens (including phenoxy) is 1. The van der Waals surface area contributed by atoms with Gasteiger partial charge in [0.15, 0.2) is 0 Å². The summed E-state index contributed by atoms with van der Waals surface area (Å²) in [5, 5.41) is 0. The van der Waals surface area contributed by atoms with Crippen molar-refractivity contribution in [2.24, 2.45) is 0 Å². The minimum Gasteiger partial charge on any atom is -0.434 e. The molecule has 18 heavy (non-hydrogen) atoms. The summed E-state index contributed by atoms with van der Waals surface area (Å²) < 4.78 is 28.7. The summed E-state index contributed by atoms with van der Waals surface area (Å²) >= 11 is 0. The van der Waals surface area contributed by atoms with Crippen molar-refractivity contribution in [2.75, 3.05) is 0 Å². The van der Waals surface area contributed by atoms with Gasteiger partial charge in [-0.25, -0.2) is 4.98 Å². The molecule has 0 saturated carbocycles. The minimum absolute atomic E-state index is 0.0262. The maximum atomic E-state index is 12.2. The van der Waals surface area contributed by atoms with Crippen LogP contribution in [-0.2, 0) is 0 Å². The number of aromatic nitrogens is 2. The Balaban J connectivity index is 2.36. The normalized spacial score (nSPS) is 10.4. The Labute approximate surface area is 101 Å². The Morgan fingerprint density at radius 2 is 2.00 bits per heavy atom. The zero-order valence-electron chi connectivity index (χ0n) is 9.09. The van der Waals surface area contributed by atoms with E-state index in [-0.39, 0.29) is 17.0 Å². The lowest BCUT2D eigenvalue weighted by Gasteiger charge is -2.08. The highest BCUT2D eigenvalue weighted by molar-refractivity contribution is 6.09. The number of rotatable bonds is 4. The SMILES string of the molecule is O=C(c1cnccn1)c1ccccc1OC(F)F. The van der Waals surface area contributed by atoms with Crippen LogP contribution in [0.5, 0.6) is 5.75 Å². The van der Waals surface area contributed by atoms with Gasteiger partial charge in [0.05, 0.1) is 11.8 Å². The predicted molar refractivity (Wildman–Crippen MR) is 58.5 cm³/mol. The maximum absolute atomic E-state index is 12.2. The van der Waals surface area contributed by atoms with Crippen molar-refractivity contribution in [1.82, 2.24) is 9.97 Å². The van der Waals surface area contributed by atoms with Crippen LogP contribution >= 0.6 is 0 Å². The number of halogens is 2. The molecule has 2 aromatic rings. The molecule has 0 N–H and O–H groups in total. The van der Waals surface area contributed by atoms with E-state index in [0.717, 1.165) is 0 Å². The Bertz CT molecular complexity index is 547. The van der Waals surface area contributed by atoms with Gasteiger partial charge in [0.25, 0.3) is 0 Å². The predicted octanol–water partition coefficient (Wildman–Crippen LogP) is 2.31. The average molecular weight is 250 g/mol. The monoisotopic (exact) mass is 250 g/mol. The molecule has 0 radical (unpaired) electrons. The molecule has 0 amide bonds. The van der Waals surface area contributed by atoms with E-state index in [2.05, 4.69) is 14.7 Å². The number of carbonyl (C=O) groups is 1. The zero-order chi connectivity index (χ0) is 13.0. The second-order valence-corrected chi connectivity index (χ2v) is 3.29. The minimum atomic E-state index is -2.99. The van der Waals surface area contributed by atoms with Crippen LogP contribution in [0.3, 0.4) is 0 Å². The molecule has 1 aromatic heterocycles. The van der Waals surface area contributed by atoms with Crippen LogP contribution in [0.25, 0.3) is 0 Å². The fourth-order valence-corrected chi connectivity index (χ4v) is 1.41. The van der Waals surface area contributed by atoms with Gasteiger partial charge in [-0.3, -0.25) is 9.78 Å². The number of alkyl halides is 2. The first-order chi connectivity index (χ1) is 8.68. The third-order valence-electron chi connectivity index (χ3n) is 2.14. The summed E-state index contributed by atoms with van der Waals surface area (Å²) in [5.74, 6) is -0.692. The molecule has 2 rings (SSSR count). The van der Waals surface area contributed by atoms with E-state index in [1.807, 2.05) is 0 Å². The van der Waals surface area contributed by atoms with Crippen LogP contribution in [0.2, 0.25) is 0 Å². The van der Waals surface area contributed by atoms with Crippen LogP contribution in [0.15, 0.2) is 42.9 Å². The molecule has 1 aromatic carbocycles. The first kappa shape index (κ1) is 12.1. The van der Waals surface area contributed by atoms with Gasteiger partial charge in [-0.1, -0.05) is 12.1 Å². The Kier molecular flexibility index (Phi) is 3.57. The number of ketones is 1. The van der Waals surface area contributed by atoms with Gasteiger partial charge in [-0.2, -0.15) is 8.78 Å². The highest BCUT2D eigenvalue weighted by Gasteiger charge is 2.17. The van der Waals surface area contributed by atoms with Crippen molar-refractivity contribution in [3.8, 4) is 5.75 Å². The molecular formula is C12H8F2N2O2. The van der Waals surface area contributed by atoms with Gasteiger partial charge in [0, 0.05) is 12.4 Å². The van der Waals surface area contributed by atoms with Crippen LogP contribution in [-0.4, -0.2) is 22.4 Å².